The molecule has 3 aromatic rings. The first-order valence-corrected chi connectivity index (χ1v) is 13.6. The Bertz CT molecular complexity index is 1450. The summed E-state index contributed by atoms with van der Waals surface area (Å²) in [5, 5.41) is 13.4. The molecule has 0 aliphatic heterocycles. The van der Waals surface area contributed by atoms with Gasteiger partial charge in [-0.05, 0) is 37.3 Å². The molecule has 1 unspecified atom stereocenters. The molecule has 2 amide bonds. The molecule has 0 aliphatic rings. The predicted octanol–water partition coefficient (Wildman–Crippen LogP) is 8.04. The van der Waals surface area contributed by atoms with E-state index in [0.29, 0.717) is 27.9 Å². The van der Waals surface area contributed by atoms with Gasteiger partial charge >= 0.3 is 5.97 Å². The minimum atomic E-state index is -1.50. The monoisotopic (exact) mass is 650 g/mol. The molecule has 3 N–H and O–H groups in total. The minimum absolute atomic E-state index is 0.243. The predicted molar refractivity (Wildman–Crippen MR) is 156 cm³/mol. The van der Waals surface area contributed by atoms with Gasteiger partial charge in [0.1, 0.15) is 11.5 Å². The van der Waals surface area contributed by atoms with Crippen LogP contribution in [-0.4, -0.2) is 42.4 Å². The zero-order valence-corrected chi connectivity index (χ0v) is 24.9. The van der Waals surface area contributed by atoms with Gasteiger partial charge in [0.25, 0.3) is 5.91 Å². The fourth-order valence-corrected chi connectivity index (χ4v) is 5.43. The Morgan fingerprint density at radius 2 is 1.38 bits per heavy atom. The van der Waals surface area contributed by atoms with Crippen LogP contribution in [0.2, 0.25) is 25.1 Å². The van der Waals surface area contributed by atoms with Crippen LogP contribution in [-0.2, 0) is 4.79 Å². The van der Waals surface area contributed by atoms with Gasteiger partial charge in [-0.25, -0.2) is 4.79 Å². The first-order valence-electron chi connectivity index (χ1n) is 10.8. The smallest absolute Gasteiger partial charge is 0.338 e. The number of ether oxygens (including phenoxy) is 2. The van der Waals surface area contributed by atoms with Crippen LogP contribution in [0, 0.1) is 0 Å². The van der Waals surface area contributed by atoms with Crippen molar-refractivity contribution in [2.24, 2.45) is 0 Å². The highest BCUT2D eigenvalue weighted by Gasteiger charge is 2.29. The number of carboxylic acid groups (broad SMARTS) is 1. The summed E-state index contributed by atoms with van der Waals surface area (Å²) in [7, 11) is 2.93. The average Bonchev–Trinajstić information content (AvgIpc) is 2.90. The lowest BCUT2D eigenvalue weighted by atomic mass is 10.1. The zero-order chi connectivity index (χ0) is 29.0. The first-order chi connectivity index (χ1) is 18.4. The lowest BCUT2D eigenvalue weighted by molar-refractivity contribution is -0.115. The molecule has 0 aliphatic carbocycles. The molecule has 0 radical (unpaired) electrons. The van der Waals surface area contributed by atoms with Gasteiger partial charge in [-0.1, -0.05) is 58.0 Å². The second-order valence-electron chi connectivity index (χ2n) is 7.73. The molecule has 0 saturated heterocycles. The summed E-state index contributed by atoms with van der Waals surface area (Å²) in [4.78, 5) is 38.2. The summed E-state index contributed by atoms with van der Waals surface area (Å²) in [6.07, 6.45) is 0. The number of methoxy groups -OCH3 is 2. The van der Waals surface area contributed by atoms with Gasteiger partial charge in [-0.15, -0.1) is 11.8 Å². The number of thioether (sulfide) groups is 1. The lowest BCUT2D eigenvalue weighted by Crippen LogP contribution is -2.22. The van der Waals surface area contributed by atoms with E-state index >= 15 is 0 Å². The van der Waals surface area contributed by atoms with E-state index in [1.54, 1.807) is 37.3 Å². The van der Waals surface area contributed by atoms with Crippen molar-refractivity contribution in [1.82, 2.24) is 0 Å². The molecular weight excluding hydrogens is 634 g/mol. The number of carbonyl (C=O) groups excluding carboxylic acids is 2. The second kappa shape index (κ2) is 13.2. The Morgan fingerprint density at radius 1 is 0.821 bits per heavy atom. The number of anilines is 2. The first kappa shape index (κ1) is 31.0. The molecular formula is C25H19Cl5N2O6S. The molecule has 0 fully saturated rings. The van der Waals surface area contributed by atoms with E-state index in [4.69, 9.17) is 67.5 Å². The van der Waals surface area contributed by atoms with Gasteiger partial charge in [0.05, 0.1) is 61.4 Å². The molecule has 206 valence electrons. The number of carboxylic acids is 1. The van der Waals surface area contributed by atoms with E-state index in [0.717, 1.165) is 4.90 Å². The Kier molecular flexibility index (Phi) is 10.5. The maximum atomic E-state index is 12.9. The Balaban J connectivity index is 1.72. The van der Waals surface area contributed by atoms with E-state index in [1.807, 2.05) is 0 Å². The summed E-state index contributed by atoms with van der Waals surface area (Å²) in [6.45, 7) is 1.72. The third-order valence-corrected chi connectivity index (χ3v) is 8.44. The topological polar surface area (TPSA) is 114 Å². The number of rotatable bonds is 9. The van der Waals surface area contributed by atoms with Gasteiger partial charge in [0.15, 0.2) is 0 Å². The fraction of sp³-hybridized carbons (Fsp3) is 0.160. The van der Waals surface area contributed by atoms with Crippen molar-refractivity contribution in [3.8, 4) is 11.5 Å². The summed E-state index contributed by atoms with van der Waals surface area (Å²) in [5.41, 5.74) is -0.286. The van der Waals surface area contributed by atoms with Crippen molar-refractivity contribution in [3.05, 3.63) is 72.6 Å². The molecule has 14 heteroatoms. The van der Waals surface area contributed by atoms with Crippen molar-refractivity contribution < 1.29 is 29.0 Å². The highest BCUT2D eigenvalue weighted by molar-refractivity contribution is 8.00. The van der Waals surface area contributed by atoms with Crippen molar-refractivity contribution in [2.45, 2.75) is 17.1 Å². The lowest BCUT2D eigenvalue weighted by Gasteiger charge is -2.16. The number of carbonyl (C=O) groups is 3. The number of nitrogens with one attached hydrogen (secondary N) is 2. The van der Waals surface area contributed by atoms with Crippen molar-refractivity contribution >= 4 is 98.9 Å². The molecule has 3 rings (SSSR count). The van der Waals surface area contributed by atoms with E-state index in [-0.39, 0.29) is 21.0 Å². The largest absolute Gasteiger partial charge is 0.495 e. The van der Waals surface area contributed by atoms with Crippen molar-refractivity contribution in [1.29, 1.82) is 0 Å². The van der Waals surface area contributed by atoms with Crippen LogP contribution in [0.25, 0.3) is 0 Å². The molecule has 0 saturated carbocycles. The van der Waals surface area contributed by atoms with Gasteiger partial charge in [-0.2, -0.15) is 0 Å². The number of benzene rings is 3. The summed E-state index contributed by atoms with van der Waals surface area (Å²) in [6, 6.07) is 9.61. The highest BCUT2D eigenvalue weighted by atomic mass is 35.5. The number of halogens is 5. The molecule has 0 heterocycles. The highest BCUT2D eigenvalue weighted by Crippen LogP contribution is 2.42. The number of hydrogen-bond donors (Lipinski definition) is 3. The number of hydrogen-bond acceptors (Lipinski definition) is 6. The summed E-state index contributed by atoms with van der Waals surface area (Å²) >= 11 is 31.5. The van der Waals surface area contributed by atoms with Crippen LogP contribution in [0.15, 0.2) is 41.3 Å². The minimum Gasteiger partial charge on any atom is -0.495 e. The average molecular weight is 653 g/mol. The van der Waals surface area contributed by atoms with Crippen LogP contribution >= 0.6 is 69.8 Å². The van der Waals surface area contributed by atoms with Gasteiger partial charge < -0.3 is 25.2 Å². The molecule has 0 spiro atoms. The Morgan fingerprint density at radius 3 is 1.92 bits per heavy atom. The molecule has 39 heavy (non-hydrogen) atoms. The molecule has 0 aromatic heterocycles. The number of amides is 2. The van der Waals surface area contributed by atoms with Crippen LogP contribution in [0.4, 0.5) is 11.4 Å². The fourth-order valence-electron chi connectivity index (χ4n) is 3.31. The molecule has 3 aromatic carbocycles. The van der Waals surface area contributed by atoms with E-state index in [9.17, 15) is 19.5 Å². The number of aromatic carboxylic acids is 1. The molecule has 1 atom stereocenters. The quantitative estimate of drug-likeness (QED) is 0.122. The van der Waals surface area contributed by atoms with Crippen LogP contribution in [0.3, 0.4) is 0 Å². The third kappa shape index (κ3) is 6.98. The molecule has 0 bridgehead atoms. The summed E-state index contributed by atoms with van der Waals surface area (Å²) < 4.78 is 10.5. The maximum Gasteiger partial charge on any atom is 0.338 e. The van der Waals surface area contributed by atoms with Crippen LogP contribution in [0.5, 0.6) is 11.5 Å². The van der Waals surface area contributed by atoms with Crippen LogP contribution < -0.4 is 20.1 Å². The third-order valence-electron chi connectivity index (χ3n) is 5.23. The van der Waals surface area contributed by atoms with Gasteiger partial charge in [0, 0.05) is 16.6 Å². The Hall–Kier alpha value is -2.53. The van der Waals surface area contributed by atoms with Crippen LogP contribution in [0.1, 0.15) is 27.6 Å². The standard InChI is InChI=1S/C25H19Cl5N2O6S/c1-10(23(33)32-14-8-13(26)15(37-2)9-16(14)38-3)39-12-6-4-11(5-7-12)31-24(34)17-18(25(35)36)20(28)22(30)21(29)19(17)27/h4-10H,1-3H3,(H,31,34)(H,32,33)(H,35,36). The molecule has 8 nitrogen and oxygen atoms in total. The van der Waals surface area contributed by atoms with Crippen molar-refractivity contribution in [2.75, 3.05) is 24.9 Å². The van der Waals surface area contributed by atoms with Gasteiger partial charge in [-0.3, -0.25) is 9.59 Å². The Labute approximate surface area is 252 Å². The van der Waals surface area contributed by atoms with Crippen molar-refractivity contribution in [3.63, 3.8) is 0 Å². The second-order valence-corrected chi connectivity index (χ2v) is 11.1. The normalized spacial score (nSPS) is 11.5. The van der Waals surface area contributed by atoms with E-state index in [1.165, 1.54) is 32.0 Å². The summed E-state index contributed by atoms with van der Waals surface area (Å²) in [5.74, 6) is -1.86. The van der Waals surface area contributed by atoms with E-state index < -0.39 is 33.3 Å². The van der Waals surface area contributed by atoms with Gasteiger partial charge in [0.2, 0.25) is 5.91 Å². The zero-order valence-electron chi connectivity index (χ0n) is 20.3. The SMILES string of the molecule is COc1cc(OC)c(NC(=O)C(C)Sc2ccc(NC(=O)c3c(Cl)c(Cl)c(Cl)c(Cl)c3C(=O)O)cc2)cc1Cl. The maximum absolute atomic E-state index is 12.9. The van der Waals surface area contributed by atoms with E-state index in [2.05, 4.69) is 10.6 Å².